The highest BCUT2D eigenvalue weighted by molar-refractivity contribution is 9.10. The van der Waals surface area contributed by atoms with Gasteiger partial charge in [-0.15, -0.1) is 11.3 Å². The van der Waals surface area contributed by atoms with Gasteiger partial charge in [-0.2, -0.15) is 4.98 Å². The Hall–Kier alpha value is -1.25. The third-order valence-corrected chi connectivity index (χ3v) is 4.66. The summed E-state index contributed by atoms with van der Waals surface area (Å²) < 4.78 is 8.83. The topological polar surface area (TPSA) is 55.7 Å². The Morgan fingerprint density at radius 2 is 2.37 bits per heavy atom. The molecule has 98 valence electrons. The number of hydrogen-bond acceptors (Lipinski definition) is 5. The minimum atomic E-state index is 0.502. The zero-order chi connectivity index (χ0) is 13.4. The zero-order valence-electron chi connectivity index (χ0n) is 9.88. The maximum absolute atomic E-state index is 5.34. The summed E-state index contributed by atoms with van der Waals surface area (Å²) >= 11 is 10.5. The molecule has 0 bridgehead atoms. The number of halogens is 1. The number of ether oxygens (including phenoxy) is 1. The molecule has 0 spiro atoms. The minimum Gasteiger partial charge on any atom is -0.479 e. The molecular weight excluding hydrogens is 348 g/mol. The molecule has 3 rings (SSSR count). The number of thiophene rings is 1. The minimum absolute atomic E-state index is 0.502. The average Bonchev–Trinajstić information content (AvgIpc) is 2.94. The van der Waals surface area contributed by atoms with Crippen molar-refractivity contribution in [2.24, 2.45) is 0 Å². The predicted molar refractivity (Wildman–Crippen MR) is 80.4 cm³/mol. The molecule has 3 heterocycles. The number of nitrogens with one attached hydrogen (secondary N) is 1. The van der Waals surface area contributed by atoms with E-state index in [0.29, 0.717) is 17.2 Å². The summed E-state index contributed by atoms with van der Waals surface area (Å²) in [6.07, 6.45) is 1.48. The van der Waals surface area contributed by atoms with Crippen LogP contribution in [0, 0.1) is 4.77 Å². The van der Waals surface area contributed by atoms with Gasteiger partial charge in [-0.25, -0.2) is 4.98 Å². The van der Waals surface area contributed by atoms with Gasteiger partial charge in [0.15, 0.2) is 10.4 Å². The van der Waals surface area contributed by atoms with Gasteiger partial charge in [0.25, 0.3) is 0 Å². The first kappa shape index (κ1) is 12.8. The number of nitrogens with zero attached hydrogens (tertiary/aromatic N) is 3. The fourth-order valence-electron chi connectivity index (χ4n) is 1.84. The standard InChI is InChI=1S/C11H9BrN4OS2/c1-17-10-8-9(13-5-14-10)16(11(18)15-8)3-7-2-6(12)4-19-7/h2,4-5H,3H2,1H3,(H,15,18). The molecule has 0 fully saturated rings. The number of aromatic amines is 1. The Morgan fingerprint density at radius 3 is 3.05 bits per heavy atom. The van der Waals surface area contributed by atoms with Gasteiger partial charge in [-0.3, -0.25) is 4.57 Å². The largest absolute Gasteiger partial charge is 0.479 e. The van der Waals surface area contributed by atoms with Gasteiger partial charge < -0.3 is 9.72 Å². The van der Waals surface area contributed by atoms with Crippen LogP contribution in [-0.4, -0.2) is 26.6 Å². The van der Waals surface area contributed by atoms with E-state index in [0.717, 1.165) is 15.6 Å². The Kier molecular flexibility index (Phi) is 3.38. The number of methoxy groups -OCH3 is 1. The fraction of sp³-hybridized carbons (Fsp3) is 0.182. The van der Waals surface area contributed by atoms with Crippen molar-refractivity contribution in [3.8, 4) is 5.88 Å². The highest BCUT2D eigenvalue weighted by Gasteiger charge is 2.12. The van der Waals surface area contributed by atoms with Gasteiger partial charge in [0, 0.05) is 14.7 Å². The lowest BCUT2D eigenvalue weighted by Gasteiger charge is -2.02. The summed E-state index contributed by atoms with van der Waals surface area (Å²) in [5.41, 5.74) is 1.48. The Bertz CT molecular complexity index is 791. The molecule has 0 amide bonds. The SMILES string of the molecule is COc1ncnc2c1[nH]c(=S)n2Cc1cc(Br)cs1. The maximum atomic E-state index is 5.34. The van der Waals surface area contributed by atoms with Crippen LogP contribution in [0.1, 0.15) is 4.88 Å². The molecule has 3 aromatic rings. The number of hydrogen-bond donors (Lipinski definition) is 1. The highest BCUT2D eigenvalue weighted by atomic mass is 79.9. The van der Waals surface area contributed by atoms with E-state index in [2.05, 4.69) is 36.9 Å². The van der Waals surface area contributed by atoms with Crippen molar-refractivity contribution in [3.05, 3.63) is 31.9 Å². The van der Waals surface area contributed by atoms with E-state index in [1.807, 2.05) is 9.95 Å². The van der Waals surface area contributed by atoms with E-state index in [1.54, 1.807) is 18.4 Å². The molecule has 0 saturated carbocycles. The third-order valence-electron chi connectivity index (χ3n) is 2.65. The van der Waals surface area contributed by atoms with E-state index in [4.69, 9.17) is 17.0 Å². The zero-order valence-corrected chi connectivity index (χ0v) is 13.1. The van der Waals surface area contributed by atoms with Gasteiger partial charge in [-0.05, 0) is 34.2 Å². The van der Waals surface area contributed by atoms with Crippen LogP contribution in [-0.2, 0) is 6.54 Å². The van der Waals surface area contributed by atoms with Crippen molar-refractivity contribution in [2.45, 2.75) is 6.54 Å². The van der Waals surface area contributed by atoms with Crippen LogP contribution in [0.5, 0.6) is 5.88 Å². The molecule has 0 aromatic carbocycles. The second kappa shape index (κ2) is 5.03. The number of rotatable bonds is 3. The monoisotopic (exact) mass is 356 g/mol. The van der Waals surface area contributed by atoms with Crippen molar-refractivity contribution < 1.29 is 4.74 Å². The van der Waals surface area contributed by atoms with Gasteiger partial charge >= 0.3 is 0 Å². The second-order valence-corrected chi connectivity index (χ2v) is 6.13. The molecule has 0 unspecified atom stereocenters. The summed E-state index contributed by atoms with van der Waals surface area (Å²) in [7, 11) is 1.58. The molecule has 3 aromatic heterocycles. The van der Waals surface area contributed by atoms with E-state index < -0.39 is 0 Å². The van der Waals surface area contributed by atoms with Gasteiger partial charge in [0.05, 0.1) is 13.7 Å². The molecule has 0 aliphatic rings. The van der Waals surface area contributed by atoms with Gasteiger partial charge in [0.2, 0.25) is 5.88 Å². The van der Waals surface area contributed by atoms with Crippen LogP contribution in [0.4, 0.5) is 0 Å². The van der Waals surface area contributed by atoms with Crippen molar-refractivity contribution >= 4 is 50.6 Å². The summed E-state index contributed by atoms with van der Waals surface area (Å²) in [4.78, 5) is 12.6. The Labute approximate surface area is 126 Å². The van der Waals surface area contributed by atoms with Crippen LogP contribution in [0.15, 0.2) is 22.2 Å². The van der Waals surface area contributed by atoms with Crippen LogP contribution in [0.3, 0.4) is 0 Å². The van der Waals surface area contributed by atoms with Crippen LogP contribution in [0.2, 0.25) is 0 Å². The first-order valence-corrected chi connectivity index (χ1v) is 7.47. The van der Waals surface area contributed by atoms with E-state index in [-0.39, 0.29) is 0 Å². The maximum Gasteiger partial charge on any atom is 0.242 e. The van der Waals surface area contributed by atoms with E-state index in [9.17, 15) is 0 Å². The molecular formula is C11H9BrN4OS2. The lowest BCUT2D eigenvalue weighted by molar-refractivity contribution is 0.401. The lowest BCUT2D eigenvalue weighted by atomic mass is 10.4. The fourth-order valence-corrected chi connectivity index (χ4v) is 3.53. The third kappa shape index (κ3) is 2.31. The molecule has 0 radical (unpaired) electrons. The van der Waals surface area contributed by atoms with Crippen LogP contribution in [0.25, 0.3) is 11.2 Å². The predicted octanol–water partition coefficient (Wildman–Crippen LogP) is 3.37. The van der Waals surface area contributed by atoms with Crippen molar-refractivity contribution in [3.63, 3.8) is 0 Å². The molecule has 1 N–H and O–H groups in total. The summed E-state index contributed by atoms with van der Waals surface area (Å²) in [5, 5.41) is 2.04. The molecule has 0 aliphatic carbocycles. The van der Waals surface area contributed by atoms with Gasteiger partial charge in [-0.1, -0.05) is 0 Å². The van der Waals surface area contributed by atoms with Gasteiger partial charge in [0.1, 0.15) is 11.8 Å². The Morgan fingerprint density at radius 1 is 1.53 bits per heavy atom. The van der Waals surface area contributed by atoms with E-state index >= 15 is 0 Å². The molecule has 0 aliphatic heterocycles. The highest BCUT2D eigenvalue weighted by Crippen LogP contribution is 2.24. The number of aromatic nitrogens is 4. The molecule has 0 atom stereocenters. The van der Waals surface area contributed by atoms with Crippen molar-refractivity contribution in [2.75, 3.05) is 7.11 Å². The first-order valence-electron chi connectivity index (χ1n) is 5.39. The van der Waals surface area contributed by atoms with Crippen molar-refractivity contribution in [1.82, 2.24) is 19.5 Å². The Balaban J connectivity index is 2.13. The number of imidazole rings is 1. The smallest absolute Gasteiger partial charge is 0.242 e. The normalized spacial score (nSPS) is 11.1. The number of H-pyrrole nitrogens is 1. The quantitative estimate of drug-likeness (QED) is 0.731. The van der Waals surface area contributed by atoms with Crippen LogP contribution < -0.4 is 4.74 Å². The van der Waals surface area contributed by atoms with Crippen molar-refractivity contribution in [1.29, 1.82) is 0 Å². The van der Waals surface area contributed by atoms with Crippen LogP contribution >= 0.6 is 39.5 Å². The second-order valence-electron chi connectivity index (χ2n) is 3.83. The molecule has 8 heteroatoms. The number of fused-ring (bicyclic) bond motifs is 1. The summed E-state index contributed by atoms with van der Waals surface area (Å²) in [6.45, 7) is 0.676. The average molecular weight is 357 g/mol. The summed E-state index contributed by atoms with van der Waals surface area (Å²) in [6, 6.07) is 2.07. The molecule has 0 saturated heterocycles. The lowest BCUT2D eigenvalue weighted by Crippen LogP contribution is -1.99. The first-order chi connectivity index (χ1) is 9.19. The molecule has 19 heavy (non-hydrogen) atoms. The van der Waals surface area contributed by atoms with E-state index in [1.165, 1.54) is 11.2 Å². The molecule has 5 nitrogen and oxygen atoms in total. The summed E-state index contributed by atoms with van der Waals surface area (Å²) in [5.74, 6) is 0.502.